The van der Waals surface area contributed by atoms with Gasteiger partial charge in [-0.05, 0) is 6.07 Å². The number of hydrogen-bond donors (Lipinski definition) is 2. The second-order valence-corrected chi connectivity index (χ2v) is 3.41. The van der Waals surface area contributed by atoms with Crippen molar-refractivity contribution in [3.63, 3.8) is 0 Å². The molecular formula is C10H14N4O2. The fraction of sp³-hybridized carbons (Fsp3) is 0.400. The Morgan fingerprint density at radius 2 is 2.19 bits per heavy atom. The lowest BCUT2D eigenvalue weighted by molar-refractivity contribution is 0.178. The van der Waals surface area contributed by atoms with Crippen LogP contribution in [0.15, 0.2) is 12.1 Å². The molecule has 0 bridgehead atoms. The zero-order valence-corrected chi connectivity index (χ0v) is 9.23. The van der Waals surface area contributed by atoms with E-state index in [4.69, 9.17) is 15.2 Å². The zero-order chi connectivity index (χ0) is 11.5. The summed E-state index contributed by atoms with van der Waals surface area (Å²) in [5.74, 6) is 1.20. The molecular weight excluding hydrogens is 208 g/mol. The van der Waals surface area contributed by atoms with Crippen molar-refractivity contribution < 1.29 is 9.47 Å². The van der Waals surface area contributed by atoms with Crippen LogP contribution in [0.1, 0.15) is 11.9 Å². The van der Waals surface area contributed by atoms with Crippen molar-refractivity contribution in [2.45, 2.75) is 6.04 Å². The fourth-order valence-corrected chi connectivity index (χ4v) is 1.44. The Bertz CT molecular complexity index is 483. The molecule has 16 heavy (non-hydrogen) atoms. The van der Waals surface area contributed by atoms with Gasteiger partial charge >= 0.3 is 0 Å². The molecule has 2 aromatic rings. The molecule has 6 heteroatoms. The van der Waals surface area contributed by atoms with Crippen molar-refractivity contribution in [3.8, 4) is 5.88 Å². The number of hydrogen-bond acceptors (Lipinski definition) is 5. The van der Waals surface area contributed by atoms with E-state index < -0.39 is 0 Å². The third kappa shape index (κ3) is 1.98. The summed E-state index contributed by atoms with van der Waals surface area (Å²) in [4.78, 5) is 11.6. The molecule has 0 fully saturated rings. The summed E-state index contributed by atoms with van der Waals surface area (Å²) in [6.45, 7) is 0.414. The molecule has 2 heterocycles. The van der Waals surface area contributed by atoms with E-state index in [-0.39, 0.29) is 6.04 Å². The molecule has 2 aromatic heterocycles. The molecule has 3 N–H and O–H groups in total. The lowest BCUT2D eigenvalue weighted by atomic mass is 10.3. The van der Waals surface area contributed by atoms with E-state index in [1.165, 1.54) is 0 Å². The number of rotatable bonds is 4. The summed E-state index contributed by atoms with van der Waals surface area (Å²) in [6, 6.07) is 3.36. The number of methoxy groups -OCH3 is 2. The third-order valence-electron chi connectivity index (χ3n) is 2.25. The van der Waals surface area contributed by atoms with E-state index in [9.17, 15) is 0 Å². The Morgan fingerprint density at radius 1 is 1.38 bits per heavy atom. The third-order valence-corrected chi connectivity index (χ3v) is 2.25. The molecule has 86 valence electrons. The molecule has 0 amide bonds. The van der Waals surface area contributed by atoms with Crippen molar-refractivity contribution in [2.75, 3.05) is 20.8 Å². The van der Waals surface area contributed by atoms with Gasteiger partial charge < -0.3 is 20.2 Å². The lowest BCUT2D eigenvalue weighted by Gasteiger charge is -2.05. The van der Waals surface area contributed by atoms with Gasteiger partial charge in [0.1, 0.15) is 5.82 Å². The Labute approximate surface area is 92.8 Å². The van der Waals surface area contributed by atoms with Crippen molar-refractivity contribution in [1.29, 1.82) is 0 Å². The Morgan fingerprint density at radius 3 is 2.88 bits per heavy atom. The van der Waals surface area contributed by atoms with Crippen molar-refractivity contribution >= 4 is 11.2 Å². The normalized spacial score (nSPS) is 12.9. The number of pyridine rings is 1. The number of nitrogens with zero attached hydrogens (tertiary/aromatic N) is 2. The summed E-state index contributed by atoms with van der Waals surface area (Å²) in [6.07, 6.45) is 0. The van der Waals surface area contributed by atoms with Gasteiger partial charge in [-0.3, -0.25) is 0 Å². The van der Waals surface area contributed by atoms with E-state index in [2.05, 4.69) is 15.0 Å². The predicted molar refractivity (Wildman–Crippen MR) is 59.2 cm³/mol. The Kier molecular flexibility index (Phi) is 3.02. The first-order valence-corrected chi connectivity index (χ1v) is 4.89. The molecule has 6 nitrogen and oxygen atoms in total. The van der Waals surface area contributed by atoms with Crippen molar-refractivity contribution in [2.24, 2.45) is 5.73 Å². The SMILES string of the molecule is COCC(N)c1nc2nc(OC)ccc2[nH]1. The van der Waals surface area contributed by atoms with Crippen LogP contribution in [0.4, 0.5) is 0 Å². The fourth-order valence-electron chi connectivity index (χ4n) is 1.44. The molecule has 2 rings (SSSR count). The number of fused-ring (bicyclic) bond motifs is 1. The van der Waals surface area contributed by atoms with Crippen molar-refractivity contribution in [1.82, 2.24) is 15.0 Å². The van der Waals surface area contributed by atoms with Crippen molar-refractivity contribution in [3.05, 3.63) is 18.0 Å². The van der Waals surface area contributed by atoms with Crippen LogP contribution >= 0.6 is 0 Å². The summed E-state index contributed by atoms with van der Waals surface area (Å²) in [5, 5.41) is 0. The molecule has 1 atom stereocenters. The number of nitrogens with one attached hydrogen (secondary N) is 1. The van der Waals surface area contributed by atoms with Gasteiger partial charge in [0.2, 0.25) is 5.88 Å². The van der Waals surface area contributed by atoms with E-state index >= 15 is 0 Å². The van der Waals surface area contributed by atoms with E-state index in [0.717, 1.165) is 5.52 Å². The monoisotopic (exact) mass is 222 g/mol. The average Bonchev–Trinajstić information content (AvgIpc) is 2.71. The molecule has 1 unspecified atom stereocenters. The first-order valence-electron chi connectivity index (χ1n) is 4.89. The average molecular weight is 222 g/mol. The van der Waals surface area contributed by atoms with Gasteiger partial charge in [0.25, 0.3) is 0 Å². The minimum absolute atomic E-state index is 0.273. The van der Waals surface area contributed by atoms with Crippen LogP contribution < -0.4 is 10.5 Å². The van der Waals surface area contributed by atoms with Crippen LogP contribution in [0.5, 0.6) is 5.88 Å². The van der Waals surface area contributed by atoms with Gasteiger partial charge in [-0.25, -0.2) is 4.98 Å². The molecule has 0 aromatic carbocycles. The molecule has 0 saturated carbocycles. The minimum atomic E-state index is -0.273. The molecule has 0 aliphatic heterocycles. The highest BCUT2D eigenvalue weighted by molar-refractivity contribution is 5.71. The second-order valence-electron chi connectivity index (χ2n) is 3.41. The number of imidazole rings is 1. The molecule has 0 radical (unpaired) electrons. The quantitative estimate of drug-likeness (QED) is 0.791. The van der Waals surface area contributed by atoms with Gasteiger partial charge in [0.15, 0.2) is 5.65 Å². The van der Waals surface area contributed by atoms with Crippen LogP contribution in [0.3, 0.4) is 0 Å². The summed E-state index contributed by atoms with van der Waals surface area (Å²) < 4.78 is 9.99. The Hall–Kier alpha value is -1.66. The molecule has 0 spiro atoms. The number of aromatic amines is 1. The summed E-state index contributed by atoms with van der Waals surface area (Å²) >= 11 is 0. The van der Waals surface area contributed by atoms with Gasteiger partial charge in [0.05, 0.1) is 25.3 Å². The van der Waals surface area contributed by atoms with Crippen LogP contribution in [-0.4, -0.2) is 35.8 Å². The number of nitrogens with two attached hydrogens (primary N) is 1. The highest BCUT2D eigenvalue weighted by Gasteiger charge is 2.12. The smallest absolute Gasteiger partial charge is 0.215 e. The highest BCUT2D eigenvalue weighted by Crippen LogP contribution is 2.16. The molecule has 0 aliphatic carbocycles. The van der Waals surface area contributed by atoms with Crippen LogP contribution in [0.25, 0.3) is 11.2 Å². The minimum Gasteiger partial charge on any atom is -0.481 e. The topological polar surface area (TPSA) is 86.1 Å². The maximum absolute atomic E-state index is 5.86. The molecule has 0 saturated heterocycles. The molecule has 0 aliphatic rings. The lowest BCUT2D eigenvalue weighted by Crippen LogP contribution is -2.17. The predicted octanol–water partition coefficient (Wildman–Crippen LogP) is 0.613. The van der Waals surface area contributed by atoms with Gasteiger partial charge in [-0.2, -0.15) is 4.98 Å². The van der Waals surface area contributed by atoms with E-state index in [1.54, 1.807) is 20.3 Å². The number of aromatic nitrogens is 3. The second kappa shape index (κ2) is 4.46. The van der Waals surface area contributed by atoms with Gasteiger partial charge in [-0.1, -0.05) is 0 Å². The van der Waals surface area contributed by atoms with Crippen LogP contribution in [0, 0.1) is 0 Å². The number of H-pyrrole nitrogens is 1. The first kappa shape index (κ1) is 10.8. The largest absolute Gasteiger partial charge is 0.481 e. The number of ether oxygens (including phenoxy) is 2. The maximum atomic E-state index is 5.86. The first-order chi connectivity index (χ1) is 7.74. The van der Waals surface area contributed by atoms with E-state index in [0.29, 0.717) is 24.0 Å². The van der Waals surface area contributed by atoms with Gasteiger partial charge in [0, 0.05) is 13.2 Å². The zero-order valence-electron chi connectivity index (χ0n) is 9.23. The van der Waals surface area contributed by atoms with E-state index in [1.807, 2.05) is 6.07 Å². The highest BCUT2D eigenvalue weighted by atomic mass is 16.5. The van der Waals surface area contributed by atoms with Crippen LogP contribution in [-0.2, 0) is 4.74 Å². The maximum Gasteiger partial charge on any atom is 0.215 e. The Balaban J connectivity index is 2.35. The summed E-state index contributed by atoms with van der Waals surface area (Å²) in [7, 11) is 3.17. The standard InChI is InChI=1S/C10H14N4O2/c1-15-5-6(11)9-12-7-3-4-8(16-2)13-10(7)14-9/h3-4,6H,5,11H2,1-2H3,(H,12,13,14). The van der Waals surface area contributed by atoms with Gasteiger partial charge in [-0.15, -0.1) is 0 Å². The summed E-state index contributed by atoms with van der Waals surface area (Å²) in [5.41, 5.74) is 7.30. The van der Waals surface area contributed by atoms with Crippen LogP contribution in [0.2, 0.25) is 0 Å².